The van der Waals surface area contributed by atoms with E-state index in [1.54, 1.807) is 0 Å². The summed E-state index contributed by atoms with van der Waals surface area (Å²) >= 11 is 0. The van der Waals surface area contributed by atoms with E-state index in [4.69, 9.17) is 9.72 Å². The number of hydrogen-bond donors (Lipinski definition) is 1. The predicted molar refractivity (Wildman–Crippen MR) is 122 cm³/mol. The molecule has 1 aliphatic rings. The van der Waals surface area contributed by atoms with Crippen molar-refractivity contribution in [3.05, 3.63) is 70.4 Å². The number of ether oxygens (including phenoxy) is 1. The molecule has 0 spiro atoms. The number of hydrogen-bond acceptors (Lipinski definition) is 4. The van der Waals surface area contributed by atoms with Gasteiger partial charge in [-0.25, -0.2) is 4.79 Å². The van der Waals surface area contributed by atoms with E-state index < -0.39 is 5.97 Å². The first-order valence-corrected chi connectivity index (χ1v) is 11.1. The summed E-state index contributed by atoms with van der Waals surface area (Å²) in [6.45, 7) is 3.80. The number of fused-ring (bicyclic) bond motifs is 2. The fourth-order valence-electron chi connectivity index (χ4n) is 4.39. The van der Waals surface area contributed by atoms with Gasteiger partial charge in [0.25, 0.3) is 5.91 Å². The van der Waals surface area contributed by atoms with Crippen molar-refractivity contribution in [2.45, 2.75) is 52.4 Å². The van der Waals surface area contributed by atoms with Crippen molar-refractivity contribution in [3.8, 4) is 0 Å². The van der Waals surface area contributed by atoms with Crippen LogP contribution in [0.15, 0.2) is 42.5 Å². The first-order chi connectivity index (χ1) is 15.1. The maximum Gasteiger partial charge on any atom is 0.339 e. The van der Waals surface area contributed by atoms with Crippen LogP contribution in [0.5, 0.6) is 0 Å². The van der Waals surface area contributed by atoms with Crippen molar-refractivity contribution in [2.75, 3.05) is 11.9 Å². The zero-order valence-electron chi connectivity index (χ0n) is 18.2. The van der Waals surface area contributed by atoms with Crippen molar-refractivity contribution >= 4 is 28.5 Å². The van der Waals surface area contributed by atoms with Crippen LogP contribution in [0.25, 0.3) is 10.9 Å². The van der Waals surface area contributed by atoms with Crippen LogP contribution in [0.4, 0.5) is 5.69 Å². The van der Waals surface area contributed by atoms with Crippen molar-refractivity contribution in [3.63, 3.8) is 0 Å². The van der Waals surface area contributed by atoms with Crippen LogP contribution in [-0.4, -0.2) is 23.5 Å². The summed E-state index contributed by atoms with van der Waals surface area (Å²) in [5.74, 6) is -0.775. The number of benzene rings is 2. The van der Waals surface area contributed by atoms with E-state index in [1.165, 1.54) is 0 Å². The summed E-state index contributed by atoms with van der Waals surface area (Å²) in [6, 6.07) is 13.7. The maximum absolute atomic E-state index is 13.1. The lowest BCUT2D eigenvalue weighted by atomic mass is 9.90. The zero-order valence-corrected chi connectivity index (χ0v) is 18.2. The largest absolute Gasteiger partial charge is 0.452 e. The van der Waals surface area contributed by atoms with Gasteiger partial charge < -0.3 is 10.1 Å². The van der Waals surface area contributed by atoms with Crippen LogP contribution < -0.4 is 5.32 Å². The fraction of sp³-hybridized carbons (Fsp3) is 0.346. The summed E-state index contributed by atoms with van der Waals surface area (Å²) in [5, 5.41) is 3.75. The molecule has 0 fully saturated rings. The number of esters is 1. The molecule has 0 unspecified atom stereocenters. The third kappa shape index (κ3) is 4.31. The number of carbonyl (C=O) groups is 2. The Morgan fingerprint density at radius 1 is 0.968 bits per heavy atom. The minimum atomic E-state index is -0.452. The molecular formula is C26H28N2O3. The number of aryl methyl sites for hydroxylation is 3. The lowest BCUT2D eigenvalue weighted by Gasteiger charge is -2.20. The lowest BCUT2D eigenvalue weighted by molar-refractivity contribution is -0.119. The second-order valence-electron chi connectivity index (χ2n) is 7.92. The maximum atomic E-state index is 13.1. The van der Waals surface area contributed by atoms with Gasteiger partial charge in [0.15, 0.2) is 6.61 Å². The van der Waals surface area contributed by atoms with Crippen molar-refractivity contribution in [1.29, 1.82) is 0 Å². The molecule has 5 nitrogen and oxygen atoms in total. The lowest BCUT2D eigenvalue weighted by Crippen LogP contribution is -2.23. The van der Waals surface area contributed by atoms with Crippen LogP contribution in [0.1, 0.15) is 59.4 Å². The molecule has 0 saturated carbocycles. The van der Waals surface area contributed by atoms with Crippen LogP contribution in [0.2, 0.25) is 0 Å². The molecule has 1 aromatic heterocycles. The highest BCUT2D eigenvalue weighted by molar-refractivity contribution is 6.06. The molecule has 0 bridgehead atoms. The molecule has 2 aromatic carbocycles. The number of amides is 1. The highest BCUT2D eigenvalue weighted by atomic mass is 16.5. The Balaban J connectivity index is 1.55. The Bertz CT molecular complexity index is 1110. The van der Waals surface area contributed by atoms with Crippen molar-refractivity contribution < 1.29 is 14.3 Å². The topological polar surface area (TPSA) is 68.3 Å². The van der Waals surface area contributed by atoms with Gasteiger partial charge in [-0.1, -0.05) is 50.2 Å². The molecule has 0 atom stereocenters. The fourth-order valence-corrected chi connectivity index (χ4v) is 4.39. The van der Waals surface area contributed by atoms with E-state index in [-0.39, 0.29) is 12.5 Å². The molecule has 0 saturated heterocycles. The Morgan fingerprint density at radius 2 is 1.68 bits per heavy atom. The third-order valence-corrected chi connectivity index (χ3v) is 5.97. The molecule has 3 aromatic rings. The minimum absolute atomic E-state index is 0.314. The molecule has 4 rings (SSSR count). The Morgan fingerprint density at radius 3 is 2.42 bits per heavy atom. The monoisotopic (exact) mass is 416 g/mol. The van der Waals surface area contributed by atoms with Gasteiger partial charge in [0.2, 0.25) is 0 Å². The van der Waals surface area contributed by atoms with E-state index in [0.717, 1.165) is 77.5 Å². The zero-order chi connectivity index (χ0) is 21.8. The quantitative estimate of drug-likeness (QED) is 0.572. The van der Waals surface area contributed by atoms with Crippen LogP contribution in [0, 0.1) is 0 Å². The summed E-state index contributed by atoms with van der Waals surface area (Å²) in [5.41, 5.74) is 6.30. The molecule has 1 N–H and O–H groups in total. The number of carbonyl (C=O) groups excluding carboxylic acids is 2. The van der Waals surface area contributed by atoms with Gasteiger partial charge in [-0.05, 0) is 61.3 Å². The SMILES string of the molecule is CCc1cccc(CC)c1NC(=O)COC(=O)c1c2c(nc3ccccc13)CCCC2. The minimum Gasteiger partial charge on any atom is -0.452 e. The van der Waals surface area contributed by atoms with Crippen LogP contribution in [0.3, 0.4) is 0 Å². The molecule has 0 radical (unpaired) electrons. The third-order valence-electron chi connectivity index (χ3n) is 5.97. The molecule has 31 heavy (non-hydrogen) atoms. The summed E-state index contributed by atoms with van der Waals surface area (Å²) in [6.07, 6.45) is 5.42. The Labute approximate surface area is 182 Å². The van der Waals surface area contributed by atoms with Gasteiger partial charge >= 0.3 is 5.97 Å². The van der Waals surface area contributed by atoms with Gasteiger partial charge in [-0.15, -0.1) is 0 Å². The van der Waals surface area contributed by atoms with Crippen molar-refractivity contribution in [1.82, 2.24) is 4.98 Å². The van der Waals surface area contributed by atoms with Crippen molar-refractivity contribution in [2.24, 2.45) is 0 Å². The van der Waals surface area contributed by atoms with Crippen LogP contribution in [-0.2, 0) is 35.2 Å². The number of pyridine rings is 1. The number of para-hydroxylation sites is 2. The molecule has 160 valence electrons. The molecule has 1 heterocycles. The van der Waals surface area contributed by atoms with Gasteiger partial charge in [-0.2, -0.15) is 0 Å². The number of aromatic nitrogens is 1. The average Bonchev–Trinajstić information content (AvgIpc) is 2.81. The summed E-state index contributed by atoms with van der Waals surface area (Å²) < 4.78 is 5.50. The van der Waals surface area contributed by atoms with Gasteiger partial charge in [0.05, 0.1) is 11.1 Å². The molecule has 1 aliphatic carbocycles. The number of nitrogens with zero attached hydrogens (tertiary/aromatic N) is 1. The second kappa shape index (κ2) is 9.29. The van der Waals surface area contributed by atoms with Gasteiger partial charge in [0, 0.05) is 16.8 Å². The number of anilines is 1. The van der Waals surface area contributed by atoms with E-state index in [9.17, 15) is 9.59 Å². The Kier molecular flexibility index (Phi) is 6.31. The second-order valence-corrected chi connectivity index (χ2v) is 7.92. The summed E-state index contributed by atoms with van der Waals surface area (Å²) in [7, 11) is 0. The molecule has 0 aliphatic heterocycles. The molecule has 5 heteroatoms. The van der Waals surface area contributed by atoms with E-state index in [0.29, 0.717) is 5.56 Å². The Hall–Kier alpha value is -3.21. The summed E-state index contributed by atoms with van der Waals surface area (Å²) in [4.78, 5) is 30.5. The normalized spacial score (nSPS) is 13.0. The average molecular weight is 417 g/mol. The highest BCUT2D eigenvalue weighted by Crippen LogP contribution is 2.30. The highest BCUT2D eigenvalue weighted by Gasteiger charge is 2.24. The van der Waals surface area contributed by atoms with Gasteiger partial charge in [-0.3, -0.25) is 9.78 Å². The number of rotatable bonds is 6. The number of nitrogens with one attached hydrogen (secondary N) is 1. The molecule has 1 amide bonds. The van der Waals surface area contributed by atoms with E-state index in [1.807, 2.05) is 42.5 Å². The van der Waals surface area contributed by atoms with E-state index >= 15 is 0 Å². The van der Waals surface area contributed by atoms with Gasteiger partial charge in [0.1, 0.15) is 0 Å². The smallest absolute Gasteiger partial charge is 0.339 e. The van der Waals surface area contributed by atoms with Crippen LogP contribution >= 0.6 is 0 Å². The standard InChI is InChI=1S/C26H28N2O3/c1-3-17-10-9-11-18(4-2)25(17)28-23(29)16-31-26(30)24-19-12-5-7-14-21(19)27-22-15-8-6-13-20(22)24/h5,7,9-12,14H,3-4,6,8,13,15-16H2,1-2H3,(H,28,29). The molecular weight excluding hydrogens is 388 g/mol. The van der Waals surface area contributed by atoms with E-state index in [2.05, 4.69) is 19.2 Å². The first kappa shape index (κ1) is 21.0. The first-order valence-electron chi connectivity index (χ1n) is 11.1. The predicted octanol–water partition coefficient (Wildman–Crippen LogP) is 5.03.